The van der Waals surface area contributed by atoms with Crippen molar-refractivity contribution in [1.29, 1.82) is 0 Å². The number of hydrogen-bond acceptors (Lipinski definition) is 4. The molecule has 0 saturated carbocycles. The average Bonchev–Trinajstić information content (AvgIpc) is 3.26. The van der Waals surface area contributed by atoms with Crippen LogP contribution in [0.3, 0.4) is 0 Å². The predicted octanol–water partition coefficient (Wildman–Crippen LogP) is 6.89. The van der Waals surface area contributed by atoms with Gasteiger partial charge in [0.1, 0.15) is 16.9 Å². The third-order valence-electron chi connectivity index (χ3n) is 7.39. The molecule has 6 nitrogen and oxygen atoms in total. The molecule has 36 heavy (non-hydrogen) atoms. The number of likely N-dealkylation sites (tertiary alicyclic amines) is 1. The van der Waals surface area contributed by atoms with Crippen molar-refractivity contribution in [3.63, 3.8) is 0 Å². The van der Waals surface area contributed by atoms with Gasteiger partial charge in [-0.15, -0.1) is 0 Å². The molecule has 5 rings (SSSR count). The second kappa shape index (κ2) is 8.12. The first-order valence-corrected chi connectivity index (χ1v) is 12.8. The molecule has 1 fully saturated rings. The van der Waals surface area contributed by atoms with Crippen molar-refractivity contribution < 1.29 is 19.1 Å². The van der Waals surface area contributed by atoms with Gasteiger partial charge in [0, 0.05) is 6.54 Å². The number of carbonyl (C=O) groups is 2. The molecular weight excluding hydrogens is 452 g/mol. The summed E-state index contributed by atoms with van der Waals surface area (Å²) in [6.45, 7) is 11.7. The number of para-hydroxylation sites is 1. The largest absolute Gasteiger partial charge is 0.444 e. The average molecular weight is 489 g/mol. The van der Waals surface area contributed by atoms with Crippen molar-refractivity contribution in [2.45, 2.75) is 83.1 Å². The maximum absolute atomic E-state index is 14.0. The summed E-state index contributed by atoms with van der Waals surface area (Å²) in [6, 6.07) is 18.4. The molecule has 0 bridgehead atoms. The Hall–Kier alpha value is -3.28. The van der Waals surface area contributed by atoms with Crippen LogP contribution in [0, 0.1) is 0 Å². The highest BCUT2D eigenvalue weighted by molar-refractivity contribution is 6.00. The van der Waals surface area contributed by atoms with Gasteiger partial charge in [-0.2, -0.15) is 0 Å². The maximum Gasteiger partial charge on any atom is 0.416 e. The van der Waals surface area contributed by atoms with Crippen molar-refractivity contribution in [2.24, 2.45) is 0 Å². The number of carbonyl (C=O) groups excluding carboxylic acids is 2. The van der Waals surface area contributed by atoms with Crippen LogP contribution in [0.25, 0.3) is 5.57 Å². The summed E-state index contributed by atoms with van der Waals surface area (Å²) in [7, 11) is 0. The zero-order valence-electron chi connectivity index (χ0n) is 22.1. The summed E-state index contributed by atoms with van der Waals surface area (Å²) in [6.07, 6.45) is 3.45. The zero-order valence-corrected chi connectivity index (χ0v) is 22.1. The number of anilines is 1. The van der Waals surface area contributed by atoms with Crippen LogP contribution in [0.15, 0.2) is 60.7 Å². The Balaban J connectivity index is 1.77. The Morgan fingerprint density at radius 2 is 1.42 bits per heavy atom. The molecule has 1 aliphatic carbocycles. The van der Waals surface area contributed by atoms with E-state index in [0.717, 1.165) is 28.8 Å². The van der Waals surface area contributed by atoms with Crippen molar-refractivity contribution in [2.75, 3.05) is 11.4 Å². The third kappa shape index (κ3) is 3.53. The van der Waals surface area contributed by atoms with E-state index >= 15 is 0 Å². The number of nitrogens with zero attached hydrogens (tertiary/aromatic N) is 2. The highest BCUT2D eigenvalue weighted by Gasteiger charge is 2.73. The summed E-state index contributed by atoms with van der Waals surface area (Å²) in [5.41, 5.74) is 1.19. The number of benzene rings is 2. The summed E-state index contributed by atoms with van der Waals surface area (Å²) in [4.78, 5) is 31.4. The Morgan fingerprint density at radius 3 is 2.08 bits per heavy atom. The van der Waals surface area contributed by atoms with E-state index in [0.29, 0.717) is 19.4 Å². The summed E-state index contributed by atoms with van der Waals surface area (Å²) in [5, 5.41) is 0. The number of fused-ring (bicyclic) bond motifs is 1. The first-order chi connectivity index (χ1) is 16.9. The van der Waals surface area contributed by atoms with Crippen LogP contribution in [0.5, 0.6) is 0 Å². The fraction of sp³-hybridized carbons (Fsp3) is 0.467. The van der Waals surface area contributed by atoms with Gasteiger partial charge in [0.2, 0.25) is 0 Å². The minimum atomic E-state index is -0.971. The summed E-state index contributed by atoms with van der Waals surface area (Å²) < 4.78 is 11.9. The van der Waals surface area contributed by atoms with Gasteiger partial charge in [0.15, 0.2) is 0 Å². The zero-order chi connectivity index (χ0) is 25.9. The molecular formula is C30H36N2O4. The second-order valence-electron chi connectivity index (χ2n) is 12.0. The lowest BCUT2D eigenvalue weighted by Crippen LogP contribution is -2.67. The Kier molecular flexibility index (Phi) is 5.51. The van der Waals surface area contributed by atoms with Gasteiger partial charge in [0.25, 0.3) is 0 Å². The molecule has 0 spiro atoms. The van der Waals surface area contributed by atoms with E-state index in [1.54, 1.807) is 9.80 Å². The molecule has 0 unspecified atom stereocenters. The highest BCUT2D eigenvalue weighted by Crippen LogP contribution is 2.67. The van der Waals surface area contributed by atoms with Gasteiger partial charge in [-0.05, 0) is 83.6 Å². The molecule has 0 aromatic heterocycles. The Labute approximate surface area is 213 Å². The fourth-order valence-electron chi connectivity index (χ4n) is 6.43. The standard InChI is InChI=1S/C30H36N2O4/c1-27(2,3)35-25(33)31-20-19-29-22(21-13-8-7-9-14-21)16-12-18-30(29,31)32(26(34)36-28(4,5)6)24-17-11-10-15-23(24)29/h7-11,13-17H,12,18-20H2,1-6H3/t29-,30-/m1/s1. The molecule has 2 aromatic carbocycles. The predicted molar refractivity (Wildman–Crippen MR) is 141 cm³/mol. The SMILES string of the molecule is CC(C)(C)OC(=O)N1CC[C@]23C(c4ccccc4)=CCC[C@]12N(C(=O)OC(C)(C)C)c1ccccc13. The minimum Gasteiger partial charge on any atom is -0.444 e. The third-order valence-corrected chi connectivity index (χ3v) is 7.39. The lowest BCUT2D eigenvalue weighted by molar-refractivity contribution is -0.00303. The van der Waals surface area contributed by atoms with Gasteiger partial charge in [-0.25, -0.2) is 9.59 Å². The number of allylic oxidation sites excluding steroid dienone is 1. The van der Waals surface area contributed by atoms with Gasteiger partial charge in [-0.3, -0.25) is 9.80 Å². The molecule has 2 aromatic rings. The van der Waals surface area contributed by atoms with Crippen LogP contribution < -0.4 is 4.90 Å². The van der Waals surface area contributed by atoms with Crippen LogP contribution in [0.1, 0.15) is 71.9 Å². The first-order valence-electron chi connectivity index (χ1n) is 12.8. The number of amides is 2. The van der Waals surface area contributed by atoms with E-state index in [-0.39, 0.29) is 0 Å². The topological polar surface area (TPSA) is 59.1 Å². The quantitative estimate of drug-likeness (QED) is 0.438. The van der Waals surface area contributed by atoms with Gasteiger partial charge in [0.05, 0.1) is 11.1 Å². The van der Waals surface area contributed by atoms with E-state index in [9.17, 15) is 9.59 Å². The second-order valence-corrected chi connectivity index (χ2v) is 12.0. The van der Waals surface area contributed by atoms with E-state index < -0.39 is 34.5 Å². The van der Waals surface area contributed by atoms with Crippen LogP contribution in [-0.2, 0) is 14.9 Å². The maximum atomic E-state index is 14.0. The number of ether oxygens (including phenoxy) is 2. The van der Waals surface area contributed by atoms with Crippen LogP contribution >= 0.6 is 0 Å². The van der Waals surface area contributed by atoms with E-state index in [1.165, 1.54) is 0 Å². The monoisotopic (exact) mass is 488 g/mol. The number of rotatable bonds is 1. The van der Waals surface area contributed by atoms with E-state index in [1.807, 2.05) is 77.9 Å². The summed E-state index contributed by atoms with van der Waals surface area (Å²) >= 11 is 0. The normalized spacial score (nSPS) is 25.0. The van der Waals surface area contributed by atoms with Crippen molar-refractivity contribution in [3.05, 3.63) is 71.8 Å². The minimum absolute atomic E-state index is 0.403. The highest BCUT2D eigenvalue weighted by atomic mass is 16.6. The molecule has 1 saturated heterocycles. The van der Waals surface area contributed by atoms with Crippen molar-refractivity contribution >= 4 is 23.4 Å². The molecule has 2 aliphatic heterocycles. The van der Waals surface area contributed by atoms with E-state index in [4.69, 9.17) is 9.47 Å². The molecule has 6 heteroatoms. The lowest BCUT2D eigenvalue weighted by Gasteiger charge is -2.52. The Morgan fingerprint density at radius 1 is 0.806 bits per heavy atom. The lowest BCUT2D eigenvalue weighted by atomic mass is 9.61. The van der Waals surface area contributed by atoms with Gasteiger partial charge < -0.3 is 9.47 Å². The van der Waals surface area contributed by atoms with Crippen LogP contribution in [0.2, 0.25) is 0 Å². The van der Waals surface area contributed by atoms with Crippen LogP contribution in [-0.4, -0.2) is 40.5 Å². The Bertz CT molecular complexity index is 1220. The van der Waals surface area contributed by atoms with Crippen molar-refractivity contribution in [1.82, 2.24) is 4.90 Å². The smallest absolute Gasteiger partial charge is 0.416 e. The van der Waals surface area contributed by atoms with Crippen molar-refractivity contribution in [3.8, 4) is 0 Å². The first kappa shape index (κ1) is 24.4. The fourth-order valence-corrected chi connectivity index (χ4v) is 6.43. The molecule has 2 atom stereocenters. The molecule has 2 heterocycles. The van der Waals surface area contributed by atoms with Crippen LogP contribution in [0.4, 0.5) is 15.3 Å². The molecule has 190 valence electrons. The van der Waals surface area contributed by atoms with Gasteiger partial charge in [-0.1, -0.05) is 54.6 Å². The molecule has 0 radical (unpaired) electrons. The number of hydrogen-bond donors (Lipinski definition) is 0. The molecule has 0 N–H and O–H groups in total. The van der Waals surface area contributed by atoms with E-state index in [2.05, 4.69) is 24.3 Å². The molecule has 2 amide bonds. The summed E-state index contributed by atoms with van der Waals surface area (Å²) in [5.74, 6) is 0. The van der Waals surface area contributed by atoms with Gasteiger partial charge >= 0.3 is 12.2 Å². The molecule has 3 aliphatic rings.